The topological polar surface area (TPSA) is 50.4 Å². The largest absolute Gasteiger partial charge is 0.478 e. The summed E-state index contributed by atoms with van der Waals surface area (Å²) in [5.41, 5.74) is 0.185. The summed E-state index contributed by atoms with van der Waals surface area (Å²) >= 11 is 9.53. The van der Waals surface area contributed by atoms with Crippen LogP contribution in [0.25, 0.3) is 0 Å². The van der Waals surface area contributed by atoms with Crippen molar-refractivity contribution >= 4 is 29.2 Å². The van der Waals surface area contributed by atoms with Gasteiger partial charge in [0, 0.05) is 0 Å². The summed E-state index contributed by atoms with van der Waals surface area (Å²) in [6.45, 7) is 0. The SMILES string of the molecule is ClCCl.O=C(O)c1ccoc1. The van der Waals surface area contributed by atoms with Crippen molar-refractivity contribution in [3.8, 4) is 0 Å². The van der Waals surface area contributed by atoms with E-state index in [4.69, 9.17) is 28.3 Å². The van der Waals surface area contributed by atoms with Crippen molar-refractivity contribution in [2.75, 3.05) is 5.34 Å². The van der Waals surface area contributed by atoms with E-state index in [2.05, 4.69) is 4.42 Å². The highest BCUT2D eigenvalue weighted by Crippen LogP contribution is 1.97. The van der Waals surface area contributed by atoms with Crippen LogP contribution in [0.3, 0.4) is 0 Å². The molecule has 1 aromatic rings. The lowest BCUT2D eigenvalue weighted by molar-refractivity contribution is 0.0696. The van der Waals surface area contributed by atoms with Crippen LogP contribution in [0.5, 0.6) is 0 Å². The van der Waals surface area contributed by atoms with Gasteiger partial charge in [0.15, 0.2) is 0 Å². The van der Waals surface area contributed by atoms with Gasteiger partial charge in [0.05, 0.1) is 17.2 Å². The Kier molecular flexibility index (Phi) is 5.70. The number of halogens is 2. The molecule has 0 saturated carbocycles. The van der Waals surface area contributed by atoms with Crippen LogP contribution in [0.2, 0.25) is 0 Å². The zero-order chi connectivity index (χ0) is 8.69. The first-order valence-electron chi connectivity index (χ1n) is 2.59. The van der Waals surface area contributed by atoms with Gasteiger partial charge in [-0.2, -0.15) is 0 Å². The minimum Gasteiger partial charge on any atom is -0.478 e. The van der Waals surface area contributed by atoms with Gasteiger partial charge in [0.2, 0.25) is 0 Å². The highest BCUT2D eigenvalue weighted by Gasteiger charge is 2.00. The Morgan fingerprint density at radius 2 is 2.18 bits per heavy atom. The van der Waals surface area contributed by atoms with Gasteiger partial charge in [-0.15, -0.1) is 23.2 Å². The number of carboxylic acids is 1. The van der Waals surface area contributed by atoms with E-state index < -0.39 is 5.97 Å². The maximum atomic E-state index is 10.0. The van der Waals surface area contributed by atoms with E-state index >= 15 is 0 Å². The fourth-order valence-corrected chi connectivity index (χ4v) is 0.386. The molecule has 1 rings (SSSR count). The molecule has 3 nitrogen and oxygen atoms in total. The van der Waals surface area contributed by atoms with Crippen molar-refractivity contribution in [2.24, 2.45) is 0 Å². The molecular formula is C6H6Cl2O3. The fraction of sp³-hybridized carbons (Fsp3) is 0.167. The van der Waals surface area contributed by atoms with Gasteiger partial charge in [-0.1, -0.05) is 0 Å². The first-order valence-corrected chi connectivity index (χ1v) is 3.66. The summed E-state index contributed by atoms with van der Waals surface area (Å²) in [7, 11) is 0. The standard InChI is InChI=1S/C5H4O3.CH2Cl2/c6-5(7)4-1-2-8-3-4;2-1-3/h1-3H,(H,6,7);1H2. The number of furan rings is 1. The molecule has 1 aromatic heterocycles. The Hall–Kier alpha value is -0.670. The van der Waals surface area contributed by atoms with E-state index in [1.165, 1.54) is 18.6 Å². The van der Waals surface area contributed by atoms with Crippen LogP contribution in [0.15, 0.2) is 23.0 Å². The predicted molar refractivity (Wildman–Crippen MR) is 42.2 cm³/mol. The molecule has 0 radical (unpaired) electrons. The molecular weight excluding hydrogens is 191 g/mol. The average molecular weight is 197 g/mol. The molecule has 0 spiro atoms. The first-order chi connectivity index (χ1) is 5.22. The second kappa shape index (κ2) is 6.07. The van der Waals surface area contributed by atoms with Crippen molar-refractivity contribution < 1.29 is 14.3 Å². The molecule has 0 aromatic carbocycles. The second-order valence-corrected chi connectivity index (χ2v) is 2.23. The number of carbonyl (C=O) groups is 1. The third kappa shape index (κ3) is 4.70. The molecule has 0 saturated heterocycles. The molecule has 11 heavy (non-hydrogen) atoms. The third-order valence-corrected chi connectivity index (χ3v) is 0.768. The van der Waals surface area contributed by atoms with Crippen LogP contribution in [-0.2, 0) is 0 Å². The lowest BCUT2D eigenvalue weighted by atomic mass is 10.4. The van der Waals surface area contributed by atoms with Crippen molar-refractivity contribution in [1.29, 1.82) is 0 Å². The molecule has 0 aliphatic carbocycles. The number of carboxylic acid groups (broad SMARTS) is 1. The molecule has 1 heterocycles. The molecule has 0 aliphatic heterocycles. The van der Waals surface area contributed by atoms with E-state index in [1.54, 1.807) is 0 Å². The molecule has 0 atom stereocenters. The zero-order valence-corrected chi connectivity index (χ0v) is 6.97. The number of rotatable bonds is 1. The van der Waals surface area contributed by atoms with Crippen LogP contribution in [0.1, 0.15) is 10.4 Å². The zero-order valence-electron chi connectivity index (χ0n) is 5.46. The van der Waals surface area contributed by atoms with Crippen molar-refractivity contribution in [2.45, 2.75) is 0 Å². The van der Waals surface area contributed by atoms with Crippen molar-refractivity contribution in [1.82, 2.24) is 0 Å². The Bertz CT molecular complexity index is 196. The molecule has 1 N–H and O–H groups in total. The van der Waals surface area contributed by atoms with E-state index in [0.717, 1.165) is 0 Å². The maximum Gasteiger partial charge on any atom is 0.338 e. The molecule has 62 valence electrons. The summed E-state index contributed by atoms with van der Waals surface area (Å²) < 4.78 is 4.49. The van der Waals surface area contributed by atoms with Gasteiger partial charge in [-0.05, 0) is 6.07 Å². The molecule has 0 unspecified atom stereocenters. The molecule has 0 amide bonds. The summed E-state index contributed by atoms with van der Waals surface area (Å²) in [6, 6.07) is 1.39. The Morgan fingerprint density at radius 1 is 1.64 bits per heavy atom. The number of hydrogen-bond donors (Lipinski definition) is 1. The lowest BCUT2D eigenvalue weighted by Gasteiger charge is -1.77. The Labute approximate surface area is 73.5 Å². The second-order valence-electron chi connectivity index (χ2n) is 1.42. The van der Waals surface area contributed by atoms with Crippen LogP contribution in [0.4, 0.5) is 0 Å². The number of aromatic carboxylic acids is 1. The third-order valence-electron chi connectivity index (χ3n) is 0.768. The quantitative estimate of drug-likeness (QED) is 0.703. The molecule has 0 bridgehead atoms. The fourth-order valence-electron chi connectivity index (χ4n) is 0.386. The molecule has 0 fully saturated rings. The highest BCUT2D eigenvalue weighted by atomic mass is 35.5. The van der Waals surface area contributed by atoms with E-state index in [0.29, 0.717) is 0 Å². The number of hydrogen-bond acceptors (Lipinski definition) is 2. The maximum absolute atomic E-state index is 10.0. The van der Waals surface area contributed by atoms with E-state index in [9.17, 15) is 4.79 Å². The van der Waals surface area contributed by atoms with Crippen molar-refractivity contribution in [3.05, 3.63) is 24.2 Å². The molecule has 5 heteroatoms. The number of alkyl halides is 2. The minimum atomic E-state index is -0.959. The summed E-state index contributed by atoms with van der Waals surface area (Å²) in [5, 5.41) is 8.41. The smallest absolute Gasteiger partial charge is 0.338 e. The average Bonchev–Trinajstić information content (AvgIpc) is 2.38. The van der Waals surface area contributed by atoms with Gasteiger partial charge < -0.3 is 9.52 Å². The highest BCUT2D eigenvalue weighted by molar-refractivity contribution is 6.40. The van der Waals surface area contributed by atoms with Crippen LogP contribution in [-0.4, -0.2) is 16.4 Å². The van der Waals surface area contributed by atoms with Gasteiger partial charge in [-0.3, -0.25) is 0 Å². The summed E-state index contributed by atoms with van der Waals surface area (Å²) in [4.78, 5) is 10.0. The first kappa shape index (κ1) is 10.3. The van der Waals surface area contributed by atoms with Gasteiger partial charge in [0.25, 0.3) is 0 Å². The summed E-state index contributed by atoms with van der Waals surface area (Å²) in [5.74, 6) is -0.959. The monoisotopic (exact) mass is 196 g/mol. The normalized spacial score (nSPS) is 8.18. The Morgan fingerprint density at radius 3 is 2.36 bits per heavy atom. The Balaban J connectivity index is 0.000000292. The van der Waals surface area contributed by atoms with E-state index in [1.807, 2.05) is 0 Å². The van der Waals surface area contributed by atoms with Gasteiger partial charge >= 0.3 is 5.97 Å². The van der Waals surface area contributed by atoms with Crippen molar-refractivity contribution in [3.63, 3.8) is 0 Å². The summed E-state index contributed by atoms with van der Waals surface area (Å²) in [6.07, 6.45) is 2.51. The van der Waals surface area contributed by atoms with E-state index in [-0.39, 0.29) is 10.9 Å². The predicted octanol–water partition coefficient (Wildman–Crippen LogP) is 2.40. The van der Waals surface area contributed by atoms with Gasteiger partial charge in [-0.25, -0.2) is 4.79 Å². The van der Waals surface area contributed by atoms with Crippen LogP contribution in [0, 0.1) is 0 Å². The lowest BCUT2D eigenvalue weighted by Crippen LogP contribution is -1.90. The van der Waals surface area contributed by atoms with Crippen LogP contribution < -0.4 is 0 Å². The molecule has 0 aliphatic rings. The van der Waals surface area contributed by atoms with Crippen LogP contribution >= 0.6 is 23.2 Å². The minimum absolute atomic E-state index is 0.185. The van der Waals surface area contributed by atoms with Gasteiger partial charge in [0.1, 0.15) is 6.26 Å².